The number of H-pyrrole nitrogens is 1. The molecule has 0 bridgehead atoms. The number of hydrogen-bond acceptors (Lipinski definition) is 7. The number of halogens is 1. The Morgan fingerprint density at radius 1 is 1.16 bits per heavy atom. The molecule has 0 radical (unpaired) electrons. The van der Waals surface area contributed by atoms with Crippen molar-refractivity contribution in [3.63, 3.8) is 0 Å². The molecule has 1 saturated heterocycles. The fourth-order valence-electron chi connectivity index (χ4n) is 4.81. The van der Waals surface area contributed by atoms with Gasteiger partial charge in [-0.15, -0.1) is 0 Å². The molecule has 1 unspecified atom stereocenters. The lowest BCUT2D eigenvalue weighted by molar-refractivity contribution is 0.0687. The molecule has 2 aromatic carbocycles. The van der Waals surface area contributed by atoms with Gasteiger partial charge >= 0.3 is 0 Å². The summed E-state index contributed by atoms with van der Waals surface area (Å²) in [6.45, 7) is 0.496. The fourth-order valence-corrected chi connectivity index (χ4v) is 5.12. The molecule has 9 nitrogen and oxygen atoms in total. The SMILES string of the molecule is N#CC1(c2ccccc2Cl)CCN(C(=O)c2cc3c(NCC(O)CO)nc(-c4ccccc4)nc3[nH]2)CC1. The summed E-state index contributed by atoms with van der Waals surface area (Å²) in [4.78, 5) is 27.6. The first-order chi connectivity index (χ1) is 18.4. The number of nitriles is 1. The van der Waals surface area contributed by atoms with Crippen molar-refractivity contribution in [2.45, 2.75) is 24.4 Å². The number of nitrogens with one attached hydrogen (secondary N) is 2. The predicted octanol–water partition coefficient (Wildman–Crippen LogP) is 3.74. The van der Waals surface area contributed by atoms with E-state index in [0.29, 0.717) is 59.3 Å². The van der Waals surface area contributed by atoms with E-state index in [4.69, 9.17) is 11.6 Å². The lowest BCUT2D eigenvalue weighted by Gasteiger charge is -2.37. The van der Waals surface area contributed by atoms with Crippen molar-refractivity contribution in [2.75, 3.05) is 31.6 Å². The molecule has 1 aliphatic rings. The smallest absolute Gasteiger partial charge is 0.270 e. The molecule has 4 N–H and O–H groups in total. The summed E-state index contributed by atoms with van der Waals surface area (Å²) in [6, 6.07) is 21.0. The molecule has 10 heteroatoms. The minimum atomic E-state index is -0.966. The van der Waals surface area contributed by atoms with Crippen molar-refractivity contribution in [1.82, 2.24) is 19.9 Å². The average molecular weight is 531 g/mol. The van der Waals surface area contributed by atoms with Gasteiger partial charge in [-0.1, -0.05) is 60.1 Å². The maximum absolute atomic E-state index is 13.5. The van der Waals surface area contributed by atoms with Crippen LogP contribution in [-0.2, 0) is 5.41 Å². The van der Waals surface area contributed by atoms with Crippen molar-refractivity contribution in [3.05, 3.63) is 76.9 Å². The molecule has 38 heavy (non-hydrogen) atoms. The van der Waals surface area contributed by atoms with Crippen molar-refractivity contribution >= 4 is 34.4 Å². The third kappa shape index (κ3) is 4.94. The lowest BCUT2D eigenvalue weighted by atomic mass is 9.74. The van der Waals surface area contributed by atoms with Crippen molar-refractivity contribution in [2.24, 2.45) is 0 Å². The van der Waals surface area contributed by atoms with Crippen molar-refractivity contribution in [3.8, 4) is 17.5 Å². The van der Waals surface area contributed by atoms with Gasteiger partial charge in [0.15, 0.2) is 5.82 Å². The summed E-state index contributed by atoms with van der Waals surface area (Å²) >= 11 is 6.41. The third-order valence-electron chi connectivity index (χ3n) is 6.97. The van der Waals surface area contributed by atoms with Crippen LogP contribution in [0.4, 0.5) is 5.82 Å². The first-order valence-corrected chi connectivity index (χ1v) is 12.8. The zero-order valence-corrected chi connectivity index (χ0v) is 21.3. The van der Waals surface area contributed by atoms with E-state index in [1.165, 1.54) is 0 Å². The number of aromatic amines is 1. The molecule has 0 spiro atoms. The molecular formula is C28H27ClN6O3. The number of aliphatic hydroxyl groups excluding tert-OH is 2. The maximum Gasteiger partial charge on any atom is 0.270 e. The highest BCUT2D eigenvalue weighted by Crippen LogP contribution is 2.39. The molecule has 194 valence electrons. The van der Waals surface area contributed by atoms with Crippen LogP contribution in [0.2, 0.25) is 5.02 Å². The van der Waals surface area contributed by atoms with Gasteiger partial charge in [0, 0.05) is 30.2 Å². The van der Waals surface area contributed by atoms with Crippen LogP contribution in [0.5, 0.6) is 0 Å². The fraction of sp³-hybridized carbons (Fsp3) is 0.286. The molecule has 2 aromatic heterocycles. The number of benzene rings is 2. The number of piperidine rings is 1. The summed E-state index contributed by atoms with van der Waals surface area (Å²) in [5.41, 5.74) is 1.68. The number of anilines is 1. The second-order valence-corrected chi connectivity index (χ2v) is 9.80. The standard InChI is InChI=1S/C28H27ClN6O3/c29-22-9-5-4-8-21(22)28(17-30)10-12-35(13-11-28)27(38)23-14-20-25(31-15-19(37)16-36)33-24(34-26(20)32-23)18-6-2-1-3-7-18/h1-9,14,19,36-37H,10-13,15-16H2,(H2,31,32,33,34). The highest BCUT2D eigenvalue weighted by atomic mass is 35.5. The number of amides is 1. The molecular weight excluding hydrogens is 504 g/mol. The highest BCUT2D eigenvalue weighted by molar-refractivity contribution is 6.31. The molecule has 0 saturated carbocycles. The van der Waals surface area contributed by atoms with Crippen LogP contribution in [0.15, 0.2) is 60.7 Å². The van der Waals surface area contributed by atoms with Gasteiger partial charge in [-0.2, -0.15) is 5.26 Å². The second kappa shape index (κ2) is 10.8. The van der Waals surface area contributed by atoms with Crippen molar-refractivity contribution < 1.29 is 15.0 Å². The molecule has 4 aromatic rings. The van der Waals surface area contributed by atoms with Crippen LogP contribution in [0.25, 0.3) is 22.4 Å². The number of likely N-dealkylation sites (tertiary alicyclic amines) is 1. The van der Waals surface area contributed by atoms with E-state index in [-0.39, 0.29) is 12.5 Å². The number of rotatable bonds is 7. The highest BCUT2D eigenvalue weighted by Gasteiger charge is 2.39. The Balaban J connectivity index is 1.42. The van der Waals surface area contributed by atoms with Crippen LogP contribution < -0.4 is 5.32 Å². The molecule has 1 aliphatic heterocycles. The zero-order chi connectivity index (χ0) is 26.7. The molecule has 1 amide bonds. The van der Waals surface area contributed by atoms with Crippen LogP contribution in [0.3, 0.4) is 0 Å². The summed E-state index contributed by atoms with van der Waals surface area (Å²) in [5.74, 6) is 0.699. The van der Waals surface area contributed by atoms with E-state index >= 15 is 0 Å². The minimum Gasteiger partial charge on any atom is -0.394 e. The largest absolute Gasteiger partial charge is 0.394 e. The van der Waals surface area contributed by atoms with Crippen LogP contribution in [0.1, 0.15) is 28.9 Å². The summed E-state index contributed by atoms with van der Waals surface area (Å²) in [7, 11) is 0. The Kier molecular flexibility index (Phi) is 7.29. The number of fused-ring (bicyclic) bond motifs is 1. The maximum atomic E-state index is 13.5. The van der Waals surface area contributed by atoms with Gasteiger partial charge in [0.25, 0.3) is 5.91 Å². The van der Waals surface area contributed by atoms with E-state index in [1.807, 2.05) is 48.5 Å². The summed E-state index contributed by atoms with van der Waals surface area (Å²) in [6.07, 6.45) is -0.0152. The molecule has 1 fully saturated rings. The Morgan fingerprint density at radius 2 is 1.87 bits per heavy atom. The predicted molar refractivity (Wildman–Crippen MR) is 145 cm³/mol. The molecule has 0 aliphatic carbocycles. The third-order valence-corrected chi connectivity index (χ3v) is 7.30. The van der Waals surface area contributed by atoms with Gasteiger partial charge in [0.1, 0.15) is 17.2 Å². The van der Waals surface area contributed by atoms with Crippen LogP contribution >= 0.6 is 11.6 Å². The number of aliphatic hydroxyl groups is 2. The van der Waals surface area contributed by atoms with Gasteiger partial charge in [-0.05, 0) is 30.5 Å². The van der Waals surface area contributed by atoms with Gasteiger partial charge < -0.3 is 25.4 Å². The molecule has 3 heterocycles. The zero-order valence-electron chi connectivity index (χ0n) is 20.6. The topological polar surface area (TPSA) is 138 Å². The van der Waals surface area contributed by atoms with E-state index in [9.17, 15) is 20.3 Å². The monoisotopic (exact) mass is 530 g/mol. The van der Waals surface area contributed by atoms with Gasteiger partial charge in [-0.25, -0.2) is 9.97 Å². The number of hydrogen-bond donors (Lipinski definition) is 4. The number of carbonyl (C=O) groups excluding carboxylic acids is 1. The summed E-state index contributed by atoms with van der Waals surface area (Å²) in [5, 5.41) is 33.3. The Labute approximate surface area is 224 Å². The second-order valence-electron chi connectivity index (χ2n) is 9.39. The van der Waals surface area contributed by atoms with Gasteiger partial charge in [0.2, 0.25) is 0 Å². The lowest BCUT2D eigenvalue weighted by Crippen LogP contribution is -2.44. The first-order valence-electron chi connectivity index (χ1n) is 12.4. The quantitative estimate of drug-likeness (QED) is 0.285. The minimum absolute atomic E-state index is 0.0791. The van der Waals surface area contributed by atoms with Crippen LogP contribution in [-0.4, -0.2) is 68.3 Å². The van der Waals surface area contributed by atoms with Gasteiger partial charge in [-0.3, -0.25) is 4.79 Å². The van der Waals surface area contributed by atoms with E-state index in [0.717, 1.165) is 11.1 Å². The van der Waals surface area contributed by atoms with E-state index < -0.39 is 18.1 Å². The average Bonchev–Trinajstić information content (AvgIpc) is 3.40. The number of nitrogens with zero attached hydrogens (tertiary/aromatic N) is 4. The normalized spacial score (nSPS) is 15.7. The van der Waals surface area contributed by atoms with Crippen molar-refractivity contribution in [1.29, 1.82) is 5.26 Å². The van der Waals surface area contributed by atoms with Gasteiger partial charge in [0.05, 0.1) is 29.6 Å². The summed E-state index contributed by atoms with van der Waals surface area (Å²) < 4.78 is 0. The van der Waals surface area contributed by atoms with E-state index in [1.54, 1.807) is 17.0 Å². The Morgan fingerprint density at radius 3 is 2.55 bits per heavy atom. The first kappa shape index (κ1) is 25.7. The van der Waals surface area contributed by atoms with Crippen LogP contribution in [0, 0.1) is 11.3 Å². The Bertz CT molecular complexity index is 1490. The number of carbonyl (C=O) groups is 1. The van der Waals surface area contributed by atoms with E-state index in [2.05, 4.69) is 26.3 Å². The Hall–Kier alpha value is -3.97. The number of aromatic nitrogens is 3. The molecule has 5 rings (SSSR count). The molecule has 1 atom stereocenters.